The molecule has 8 nitrogen and oxygen atoms in total. The number of aliphatic hydroxyl groups excluding tert-OH is 2. The van der Waals surface area contributed by atoms with E-state index < -0.39 is 11.9 Å². The molecule has 0 heterocycles. The molecule has 0 radical (unpaired) electrons. The molecule has 0 amide bonds. The van der Waals surface area contributed by atoms with Crippen molar-refractivity contribution in [3.8, 4) is 0 Å². The van der Waals surface area contributed by atoms with Crippen molar-refractivity contribution in [2.24, 2.45) is 0 Å². The molecular formula is C50H82BaO8. The van der Waals surface area contributed by atoms with Gasteiger partial charge in [0, 0.05) is 11.9 Å². The van der Waals surface area contributed by atoms with E-state index in [1.807, 2.05) is 36.4 Å². The van der Waals surface area contributed by atoms with Gasteiger partial charge in [-0.25, -0.2) is 0 Å². The van der Waals surface area contributed by atoms with Crippen molar-refractivity contribution in [2.45, 2.75) is 231 Å². The van der Waals surface area contributed by atoms with Crippen molar-refractivity contribution in [2.75, 3.05) is 0 Å². The summed E-state index contributed by atoms with van der Waals surface area (Å²) in [6.07, 6.45) is 26.9. The van der Waals surface area contributed by atoms with Gasteiger partial charge in [0.15, 0.2) is 0 Å². The van der Waals surface area contributed by atoms with Crippen LogP contribution in [0.15, 0.2) is 60.7 Å². The predicted octanol–water partition coefficient (Wildman–Crippen LogP) is 9.95. The van der Waals surface area contributed by atoms with E-state index in [-0.39, 0.29) is 86.1 Å². The minimum atomic E-state index is -0.941. The summed E-state index contributed by atoms with van der Waals surface area (Å²) in [6, 6.07) is 20.4. The van der Waals surface area contributed by atoms with Crippen molar-refractivity contribution in [3.63, 3.8) is 0 Å². The van der Waals surface area contributed by atoms with Crippen molar-refractivity contribution in [1.82, 2.24) is 0 Å². The molecule has 0 bridgehead atoms. The first-order valence-electron chi connectivity index (χ1n) is 23.3. The van der Waals surface area contributed by atoms with Gasteiger partial charge in [-0.3, -0.25) is 0 Å². The Kier molecular flexibility index (Phi) is 41.2. The fraction of sp³-hybridized carbons (Fsp3) is 0.720. The zero-order valence-electron chi connectivity index (χ0n) is 37.3. The van der Waals surface area contributed by atoms with Gasteiger partial charge in [0.2, 0.25) is 0 Å². The maximum absolute atomic E-state index is 10.4. The van der Waals surface area contributed by atoms with Gasteiger partial charge in [0.25, 0.3) is 0 Å². The van der Waals surface area contributed by atoms with Crippen LogP contribution in [0.1, 0.15) is 205 Å². The first-order chi connectivity index (χ1) is 28.2. The van der Waals surface area contributed by atoms with Gasteiger partial charge >= 0.3 is 48.9 Å². The topological polar surface area (TPSA) is 139 Å². The van der Waals surface area contributed by atoms with Gasteiger partial charge in [-0.05, 0) is 75.3 Å². The van der Waals surface area contributed by atoms with Crippen LogP contribution in [-0.2, 0) is 32.3 Å². The molecule has 2 N–H and O–H groups in total. The minimum Gasteiger partial charge on any atom is -0.550 e. The Bertz CT molecular complexity index is 1110. The number of carboxylic acid groups (broad SMARTS) is 2. The Labute approximate surface area is 400 Å². The summed E-state index contributed by atoms with van der Waals surface area (Å²) in [5.74, 6) is -1.88. The summed E-state index contributed by atoms with van der Waals surface area (Å²) in [4.78, 5) is 20.8. The summed E-state index contributed by atoms with van der Waals surface area (Å²) in [5.41, 5.74) is 2.35. The number of hydrogen-bond acceptors (Lipinski definition) is 8. The van der Waals surface area contributed by atoms with E-state index in [2.05, 4.69) is 38.1 Å². The normalized spacial score (nSPS) is 13.1. The van der Waals surface area contributed by atoms with Crippen LogP contribution in [0.5, 0.6) is 0 Å². The number of unbranched alkanes of at least 4 members (excludes halogenated alkanes) is 16. The molecule has 2 aromatic carbocycles. The molecule has 4 unspecified atom stereocenters. The second-order valence-electron chi connectivity index (χ2n) is 16.4. The van der Waals surface area contributed by atoms with Gasteiger partial charge in [-0.15, -0.1) is 0 Å². The Balaban J connectivity index is 0.00000112. The van der Waals surface area contributed by atoms with Crippen LogP contribution in [0.25, 0.3) is 0 Å². The molecule has 0 fully saturated rings. The van der Waals surface area contributed by atoms with E-state index in [1.54, 1.807) is 0 Å². The molecule has 332 valence electrons. The number of aliphatic carboxylic acids is 2. The van der Waals surface area contributed by atoms with E-state index in [1.165, 1.54) is 49.7 Å². The van der Waals surface area contributed by atoms with Gasteiger partial charge < -0.3 is 39.5 Å². The summed E-state index contributed by atoms with van der Waals surface area (Å²) in [5, 5.41) is 41.5. The van der Waals surface area contributed by atoms with E-state index in [4.69, 9.17) is 9.47 Å². The van der Waals surface area contributed by atoms with E-state index in [0.29, 0.717) is 13.2 Å². The molecule has 4 atom stereocenters. The van der Waals surface area contributed by atoms with E-state index in [9.17, 15) is 30.0 Å². The quantitative estimate of drug-likeness (QED) is 0.0501. The molecule has 9 heteroatoms. The summed E-state index contributed by atoms with van der Waals surface area (Å²) in [7, 11) is 0. The van der Waals surface area contributed by atoms with Crippen LogP contribution in [0.3, 0.4) is 0 Å². The van der Waals surface area contributed by atoms with E-state index in [0.717, 1.165) is 128 Å². The van der Waals surface area contributed by atoms with Crippen molar-refractivity contribution in [3.05, 3.63) is 71.8 Å². The maximum atomic E-state index is 10.4. The predicted molar refractivity (Wildman–Crippen MR) is 238 cm³/mol. The summed E-state index contributed by atoms with van der Waals surface area (Å²) >= 11 is 0. The second-order valence-corrected chi connectivity index (χ2v) is 16.4. The molecule has 0 saturated heterocycles. The Morgan fingerprint density at radius 3 is 1.10 bits per heavy atom. The molecule has 2 rings (SSSR count). The smallest absolute Gasteiger partial charge is 0.550 e. The number of benzene rings is 2. The molecule has 0 aromatic heterocycles. The Morgan fingerprint density at radius 1 is 0.475 bits per heavy atom. The number of hydrogen-bond donors (Lipinski definition) is 2. The number of rotatable bonds is 38. The van der Waals surface area contributed by atoms with E-state index >= 15 is 0 Å². The first kappa shape index (κ1) is 57.8. The van der Waals surface area contributed by atoms with Gasteiger partial charge in [-0.2, -0.15) is 0 Å². The standard InChI is InChI=1S/2C25H42O4.Ba/c2*1-2-3-10-17-23(26)20-24(29-21-22-15-11-9-12-16-22)18-13-7-5-4-6-8-14-19-25(27)28;/h2*9,11-12,15-16,23-24,26H,2-8,10,13-14,17-21H2,1H3,(H,27,28);/q;;+2/p-2. The summed E-state index contributed by atoms with van der Waals surface area (Å²) in [6.45, 7) is 5.57. The molecule has 0 spiro atoms. The number of aliphatic hydroxyl groups is 2. The van der Waals surface area contributed by atoms with Crippen molar-refractivity contribution in [1.29, 1.82) is 0 Å². The zero-order valence-corrected chi connectivity index (χ0v) is 41.8. The fourth-order valence-corrected chi connectivity index (χ4v) is 7.27. The molecule has 2 aromatic rings. The molecule has 59 heavy (non-hydrogen) atoms. The van der Waals surface area contributed by atoms with Crippen LogP contribution in [0, 0.1) is 0 Å². The number of carbonyl (C=O) groups is 2. The molecule has 0 aliphatic carbocycles. The summed E-state index contributed by atoms with van der Waals surface area (Å²) < 4.78 is 12.3. The average Bonchev–Trinajstić information content (AvgIpc) is 3.21. The fourth-order valence-electron chi connectivity index (χ4n) is 7.27. The maximum Gasteiger partial charge on any atom is 2.00 e. The molecule has 0 saturated carbocycles. The largest absolute Gasteiger partial charge is 2.00 e. The molecule has 0 aliphatic heterocycles. The zero-order chi connectivity index (χ0) is 42.3. The van der Waals surface area contributed by atoms with Gasteiger partial charge in [0.05, 0.1) is 37.6 Å². The number of ether oxygens (including phenoxy) is 2. The third-order valence-corrected chi connectivity index (χ3v) is 10.8. The second kappa shape index (κ2) is 42.1. The van der Waals surface area contributed by atoms with Crippen LogP contribution < -0.4 is 10.2 Å². The third kappa shape index (κ3) is 38.2. The minimum absolute atomic E-state index is 0. The Morgan fingerprint density at radius 2 is 0.780 bits per heavy atom. The van der Waals surface area contributed by atoms with Gasteiger partial charge in [-0.1, -0.05) is 190 Å². The SMILES string of the molecule is CCCCCC(O)CC(CCCCCCCCCC(=O)[O-])OCc1ccccc1.CCCCCC(O)CC(CCCCCCCCCC(=O)[O-])OCc1ccccc1.[Ba+2]. The average molecular weight is 949 g/mol. The van der Waals surface area contributed by atoms with Crippen LogP contribution in [0.4, 0.5) is 0 Å². The van der Waals surface area contributed by atoms with Crippen molar-refractivity contribution >= 4 is 60.8 Å². The Hall–Kier alpha value is -1.21. The monoisotopic (exact) mass is 949 g/mol. The number of carboxylic acids is 2. The van der Waals surface area contributed by atoms with Crippen LogP contribution in [0.2, 0.25) is 0 Å². The van der Waals surface area contributed by atoms with Crippen molar-refractivity contribution < 1.29 is 39.5 Å². The van der Waals surface area contributed by atoms with Gasteiger partial charge in [0.1, 0.15) is 0 Å². The van der Waals surface area contributed by atoms with Crippen LogP contribution >= 0.6 is 0 Å². The molecule has 0 aliphatic rings. The van der Waals surface area contributed by atoms with Crippen LogP contribution in [-0.4, -0.2) is 95.4 Å². The first-order valence-corrected chi connectivity index (χ1v) is 23.3. The third-order valence-electron chi connectivity index (χ3n) is 10.8. The number of carbonyl (C=O) groups excluding carboxylic acids is 2. The molecular weight excluding hydrogens is 866 g/mol.